The maximum Gasteiger partial charge on any atom is 0.279 e. The highest BCUT2D eigenvalue weighted by molar-refractivity contribution is 7.87. The SMILES string of the molecule is C[C@@H]1CN(S(=O)(=O)NCCN2CCNCC2)[C@@H](C)CO1. The molecule has 8 heteroatoms. The summed E-state index contributed by atoms with van der Waals surface area (Å²) in [5.74, 6) is 0. The van der Waals surface area contributed by atoms with E-state index in [0.29, 0.717) is 19.7 Å². The molecule has 0 spiro atoms. The molecule has 0 aromatic rings. The Hall–Kier alpha value is -0.250. The van der Waals surface area contributed by atoms with E-state index < -0.39 is 10.2 Å². The quantitative estimate of drug-likeness (QED) is 0.670. The van der Waals surface area contributed by atoms with Crippen LogP contribution in [0, 0.1) is 0 Å². The molecule has 0 aromatic carbocycles. The first-order chi connectivity index (χ1) is 9.49. The number of hydrogen-bond donors (Lipinski definition) is 2. The fourth-order valence-electron chi connectivity index (χ4n) is 2.56. The normalized spacial score (nSPS) is 30.5. The summed E-state index contributed by atoms with van der Waals surface area (Å²) < 4.78 is 34.3. The minimum Gasteiger partial charge on any atom is -0.375 e. The van der Waals surface area contributed by atoms with Crippen LogP contribution in [0.1, 0.15) is 13.8 Å². The molecule has 2 saturated heterocycles. The Morgan fingerprint density at radius 2 is 2.00 bits per heavy atom. The van der Waals surface area contributed by atoms with Gasteiger partial charge in [-0.15, -0.1) is 0 Å². The highest BCUT2D eigenvalue weighted by Crippen LogP contribution is 2.14. The van der Waals surface area contributed by atoms with Crippen molar-refractivity contribution in [2.45, 2.75) is 26.0 Å². The minimum atomic E-state index is -3.41. The molecule has 0 saturated carbocycles. The van der Waals surface area contributed by atoms with E-state index >= 15 is 0 Å². The van der Waals surface area contributed by atoms with Crippen molar-refractivity contribution in [3.63, 3.8) is 0 Å². The Labute approximate surface area is 121 Å². The third kappa shape index (κ3) is 4.37. The van der Waals surface area contributed by atoms with Gasteiger partial charge in [-0.1, -0.05) is 0 Å². The zero-order chi connectivity index (χ0) is 14.6. The van der Waals surface area contributed by atoms with E-state index in [2.05, 4.69) is 14.9 Å². The third-order valence-corrected chi connectivity index (χ3v) is 5.48. The predicted octanol–water partition coefficient (Wildman–Crippen LogP) is -1.16. The second-order valence-electron chi connectivity index (χ2n) is 5.55. The average molecular weight is 306 g/mol. The zero-order valence-electron chi connectivity index (χ0n) is 12.3. The van der Waals surface area contributed by atoms with Crippen molar-refractivity contribution in [3.05, 3.63) is 0 Å². The van der Waals surface area contributed by atoms with Crippen LogP contribution in [0.25, 0.3) is 0 Å². The molecule has 2 aliphatic rings. The first-order valence-corrected chi connectivity index (χ1v) is 8.74. The number of nitrogens with zero attached hydrogens (tertiary/aromatic N) is 2. The molecule has 7 nitrogen and oxygen atoms in total. The Morgan fingerprint density at radius 1 is 1.30 bits per heavy atom. The van der Waals surface area contributed by atoms with E-state index in [1.54, 1.807) is 0 Å². The van der Waals surface area contributed by atoms with Crippen molar-refractivity contribution >= 4 is 10.2 Å². The van der Waals surface area contributed by atoms with Crippen LogP contribution in [-0.4, -0.2) is 82.2 Å². The van der Waals surface area contributed by atoms with Crippen LogP contribution in [0.5, 0.6) is 0 Å². The summed E-state index contributed by atoms with van der Waals surface area (Å²) in [4.78, 5) is 2.27. The monoisotopic (exact) mass is 306 g/mol. The Bertz CT molecular complexity index is 398. The van der Waals surface area contributed by atoms with Gasteiger partial charge in [0.15, 0.2) is 0 Å². The first-order valence-electron chi connectivity index (χ1n) is 7.30. The van der Waals surface area contributed by atoms with Crippen molar-refractivity contribution in [3.8, 4) is 0 Å². The maximum absolute atomic E-state index is 12.3. The fourth-order valence-corrected chi connectivity index (χ4v) is 4.01. The average Bonchev–Trinajstić information content (AvgIpc) is 2.42. The number of ether oxygens (including phenoxy) is 1. The summed E-state index contributed by atoms with van der Waals surface area (Å²) in [5.41, 5.74) is 0. The second-order valence-corrected chi connectivity index (χ2v) is 7.26. The first kappa shape index (κ1) is 16.1. The smallest absolute Gasteiger partial charge is 0.279 e. The molecule has 0 radical (unpaired) electrons. The van der Waals surface area contributed by atoms with Crippen LogP contribution < -0.4 is 10.0 Å². The molecule has 0 aromatic heterocycles. The Morgan fingerprint density at radius 3 is 2.70 bits per heavy atom. The molecule has 2 aliphatic heterocycles. The lowest BCUT2D eigenvalue weighted by atomic mass is 10.2. The van der Waals surface area contributed by atoms with Crippen LogP contribution in [0.2, 0.25) is 0 Å². The number of hydrogen-bond acceptors (Lipinski definition) is 5. The van der Waals surface area contributed by atoms with E-state index in [4.69, 9.17) is 4.74 Å². The van der Waals surface area contributed by atoms with Gasteiger partial charge in [0.1, 0.15) is 0 Å². The highest BCUT2D eigenvalue weighted by Gasteiger charge is 2.32. The topological polar surface area (TPSA) is 73.9 Å². The van der Waals surface area contributed by atoms with E-state index in [-0.39, 0.29) is 12.1 Å². The predicted molar refractivity (Wildman–Crippen MR) is 77.8 cm³/mol. The molecule has 0 bridgehead atoms. The second kappa shape index (κ2) is 7.15. The van der Waals surface area contributed by atoms with Crippen molar-refractivity contribution in [1.29, 1.82) is 0 Å². The van der Waals surface area contributed by atoms with Gasteiger partial charge in [0.2, 0.25) is 0 Å². The largest absolute Gasteiger partial charge is 0.375 e. The summed E-state index contributed by atoms with van der Waals surface area (Å²) >= 11 is 0. The van der Waals surface area contributed by atoms with E-state index in [0.717, 1.165) is 32.7 Å². The van der Waals surface area contributed by atoms with Crippen LogP contribution in [0.4, 0.5) is 0 Å². The van der Waals surface area contributed by atoms with Gasteiger partial charge in [-0.05, 0) is 13.8 Å². The molecule has 0 aliphatic carbocycles. The minimum absolute atomic E-state index is 0.0454. The van der Waals surface area contributed by atoms with E-state index in [1.807, 2.05) is 13.8 Å². The van der Waals surface area contributed by atoms with Gasteiger partial charge in [0, 0.05) is 51.9 Å². The van der Waals surface area contributed by atoms with Gasteiger partial charge in [-0.2, -0.15) is 12.7 Å². The fraction of sp³-hybridized carbons (Fsp3) is 1.00. The standard InChI is InChI=1S/C12H26N4O3S/c1-11-10-19-12(2)9-16(11)20(17,18)14-5-8-15-6-3-13-4-7-15/h11-14H,3-10H2,1-2H3/t11-,12+/m0/s1. The molecule has 2 fully saturated rings. The molecule has 2 rings (SSSR count). The molecule has 2 heterocycles. The van der Waals surface area contributed by atoms with Gasteiger partial charge < -0.3 is 10.1 Å². The molecule has 0 unspecified atom stereocenters. The molecular formula is C12H26N4O3S. The summed E-state index contributed by atoms with van der Waals surface area (Å²) in [6.45, 7) is 9.78. The summed E-state index contributed by atoms with van der Waals surface area (Å²) in [7, 11) is -3.41. The highest BCUT2D eigenvalue weighted by atomic mass is 32.2. The molecule has 2 atom stereocenters. The summed E-state index contributed by atoms with van der Waals surface area (Å²) in [5, 5.41) is 3.28. The van der Waals surface area contributed by atoms with Gasteiger partial charge in [0.25, 0.3) is 10.2 Å². The van der Waals surface area contributed by atoms with Crippen LogP contribution in [0.15, 0.2) is 0 Å². The number of piperazine rings is 1. The van der Waals surface area contributed by atoms with Crippen molar-refractivity contribution in [2.75, 3.05) is 52.4 Å². The molecular weight excluding hydrogens is 280 g/mol. The van der Waals surface area contributed by atoms with Crippen LogP contribution in [0.3, 0.4) is 0 Å². The van der Waals surface area contributed by atoms with Crippen molar-refractivity contribution < 1.29 is 13.2 Å². The van der Waals surface area contributed by atoms with Gasteiger partial charge in [-0.3, -0.25) is 4.90 Å². The third-order valence-electron chi connectivity index (χ3n) is 3.78. The molecule has 0 amide bonds. The van der Waals surface area contributed by atoms with Gasteiger partial charge in [0.05, 0.1) is 12.7 Å². The zero-order valence-corrected chi connectivity index (χ0v) is 13.2. The van der Waals surface area contributed by atoms with E-state index in [9.17, 15) is 8.42 Å². The lowest BCUT2D eigenvalue weighted by Crippen LogP contribution is -2.55. The summed E-state index contributed by atoms with van der Waals surface area (Å²) in [6, 6.07) is -0.108. The number of nitrogens with one attached hydrogen (secondary N) is 2. The van der Waals surface area contributed by atoms with Gasteiger partial charge >= 0.3 is 0 Å². The van der Waals surface area contributed by atoms with Gasteiger partial charge in [-0.25, -0.2) is 4.72 Å². The lowest BCUT2D eigenvalue weighted by Gasteiger charge is -2.35. The van der Waals surface area contributed by atoms with Crippen LogP contribution in [-0.2, 0) is 14.9 Å². The summed E-state index contributed by atoms with van der Waals surface area (Å²) in [6.07, 6.45) is -0.0454. The lowest BCUT2D eigenvalue weighted by molar-refractivity contribution is -0.0175. The number of rotatable bonds is 5. The molecule has 2 N–H and O–H groups in total. The Balaban J connectivity index is 1.80. The van der Waals surface area contributed by atoms with E-state index in [1.165, 1.54) is 4.31 Å². The Kier molecular flexibility index (Phi) is 5.76. The molecule has 20 heavy (non-hydrogen) atoms. The van der Waals surface area contributed by atoms with Crippen LogP contribution >= 0.6 is 0 Å². The molecule has 118 valence electrons. The van der Waals surface area contributed by atoms with Crippen molar-refractivity contribution in [1.82, 2.24) is 19.2 Å². The number of morpholine rings is 1. The maximum atomic E-state index is 12.3. The van der Waals surface area contributed by atoms with Crippen molar-refractivity contribution in [2.24, 2.45) is 0 Å².